The van der Waals surface area contributed by atoms with Gasteiger partial charge in [0.05, 0.1) is 9.26 Å². The van der Waals surface area contributed by atoms with Crippen LogP contribution in [0.1, 0.15) is 48.9 Å². The van der Waals surface area contributed by atoms with Gasteiger partial charge in [0, 0.05) is 12.5 Å². The van der Waals surface area contributed by atoms with Crippen molar-refractivity contribution in [1.29, 1.82) is 0 Å². The number of hydrogen-bond donors (Lipinski definition) is 1. The van der Waals surface area contributed by atoms with Crippen molar-refractivity contribution in [2.24, 2.45) is 0 Å². The van der Waals surface area contributed by atoms with Crippen molar-refractivity contribution in [1.82, 2.24) is 9.97 Å². The molecule has 110 valence electrons. The Morgan fingerprint density at radius 3 is 2.62 bits per heavy atom. The predicted molar refractivity (Wildman–Crippen MR) is 91.0 cm³/mol. The van der Waals surface area contributed by atoms with Gasteiger partial charge in [0.25, 0.3) is 0 Å². The van der Waals surface area contributed by atoms with Gasteiger partial charge in [-0.25, -0.2) is 9.97 Å². The second-order valence-corrected chi connectivity index (χ2v) is 6.27. The average molecular weight is 395 g/mol. The molecule has 4 nitrogen and oxygen atoms in total. The molecule has 0 amide bonds. The van der Waals surface area contributed by atoms with Gasteiger partial charge in [-0.3, -0.25) is 0 Å². The summed E-state index contributed by atoms with van der Waals surface area (Å²) in [5.41, 5.74) is 8.22. The van der Waals surface area contributed by atoms with Gasteiger partial charge in [-0.05, 0) is 47.9 Å². The minimum absolute atomic E-state index is 0.256. The second kappa shape index (κ2) is 6.27. The van der Waals surface area contributed by atoms with Crippen LogP contribution in [0, 0.1) is 3.57 Å². The molecular weight excluding hydrogens is 377 g/mol. The Morgan fingerprint density at radius 1 is 1.29 bits per heavy atom. The van der Waals surface area contributed by atoms with Crippen LogP contribution in [-0.4, -0.2) is 16.6 Å². The summed E-state index contributed by atoms with van der Waals surface area (Å²) in [6.07, 6.45) is 2.13. The highest BCUT2D eigenvalue weighted by Crippen LogP contribution is 2.42. The molecule has 0 saturated heterocycles. The van der Waals surface area contributed by atoms with Crippen molar-refractivity contribution in [3.8, 4) is 0 Å². The number of hydrogen-bond acceptors (Lipinski definition) is 4. The first kappa shape index (κ1) is 14.7. The van der Waals surface area contributed by atoms with Gasteiger partial charge in [0.2, 0.25) is 0 Å². The number of nitrogens with zero attached hydrogens (tertiary/aromatic N) is 2. The van der Waals surface area contributed by atoms with E-state index in [2.05, 4.69) is 27.6 Å². The van der Waals surface area contributed by atoms with Crippen LogP contribution in [0.5, 0.6) is 0 Å². The summed E-state index contributed by atoms with van der Waals surface area (Å²) in [5, 5.41) is 0. The lowest BCUT2D eigenvalue weighted by atomic mass is 10.1. The van der Waals surface area contributed by atoms with Gasteiger partial charge in [0.15, 0.2) is 5.82 Å². The molecule has 0 radical (unpaired) electrons. The van der Waals surface area contributed by atoms with E-state index in [0.717, 1.165) is 14.8 Å². The largest absolute Gasteiger partial charge is 0.383 e. The first-order valence-electron chi connectivity index (χ1n) is 7.20. The fourth-order valence-electron chi connectivity index (χ4n) is 2.36. The Bertz CT molecular complexity index is 629. The highest BCUT2D eigenvalue weighted by Gasteiger charge is 2.30. The number of nitrogens with two attached hydrogens (primary N) is 1. The van der Waals surface area contributed by atoms with E-state index in [1.807, 2.05) is 37.3 Å². The number of rotatable bonds is 5. The molecule has 21 heavy (non-hydrogen) atoms. The van der Waals surface area contributed by atoms with E-state index in [-0.39, 0.29) is 6.10 Å². The van der Waals surface area contributed by atoms with Crippen LogP contribution in [0.4, 0.5) is 5.82 Å². The maximum Gasteiger partial charge on any atom is 0.164 e. The molecule has 1 heterocycles. The Balaban J connectivity index is 2.03. The lowest BCUT2D eigenvalue weighted by molar-refractivity contribution is 0.0850. The fourth-order valence-corrected chi connectivity index (χ4v) is 3.04. The molecule has 0 bridgehead atoms. The zero-order valence-electron chi connectivity index (χ0n) is 11.9. The summed E-state index contributed by atoms with van der Waals surface area (Å²) in [6, 6.07) is 10.1. The highest BCUT2D eigenvalue weighted by molar-refractivity contribution is 14.1. The maximum absolute atomic E-state index is 6.08. The van der Waals surface area contributed by atoms with Gasteiger partial charge in [-0.1, -0.05) is 30.3 Å². The molecule has 1 aliphatic rings. The SMILES string of the molecule is CCOC(c1ccccc1)c1nc(N)c(I)c(C2CC2)n1. The van der Waals surface area contributed by atoms with Crippen molar-refractivity contribution in [3.05, 3.63) is 51.0 Å². The standard InChI is InChI=1S/C16H18IN3O/c1-2-21-14(11-6-4-3-5-7-11)16-19-13(10-8-9-10)12(17)15(18)20-16/h3-7,10,14H,2,8-9H2,1H3,(H2,18,19,20). The smallest absolute Gasteiger partial charge is 0.164 e. The molecule has 0 aliphatic heterocycles. The van der Waals surface area contributed by atoms with Crippen molar-refractivity contribution in [2.75, 3.05) is 12.3 Å². The van der Waals surface area contributed by atoms with E-state index < -0.39 is 0 Å². The van der Waals surface area contributed by atoms with E-state index >= 15 is 0 Å². The summed E-state index contributed by atoms with van der Waals surface area (Å²) in [5.74, 6) is 1.77. The lowest BCUT2D eigenvalue weighted by Gasteiger charge is -2.18. The Kier molecular flexibility index (Phi) is 4.40. The summed E-state index contributed by atoms with van der Waals surface area (Å²) in [6.45, 7) is 2.58. The molecule has 1 atom stereocenters. The van der Waals surface area contributed by atoms with Crippen LogP contribution in [-0.2, 0) is 4.74 Å². The van der Waals surface area contributed by atoms with E-state index in [1.165, 1.54) is 12.8 Å². The number of halogens is 1. The van der Waals surface area contributed by atoms with Gasteiger partial charge < -0.3 is 10.5 Å². The first-order valence-corrected chi connectivity index (χ1v) is 8.28. The third-order valence-electron chi connectivity index (χ3n) is 3.55. The van der Waals surface area contributed by atoms with E-state index in [1.54, 1.807) is 0 Å². The molecule has 0 spiro atoms. The van der Waals surface area contributed by atoms with Gasteiger partial charge >= 0.3 is 0 Å². The molecule has 5 heteroatoms. The summed E-state index contributed by atoms with van der Waals surface area (Å²) in [7, 11) is 0. The van der Waals surface area contributed by atoms with Crippen LogP contribution in [0.25, 0.3) is 0 Å². The molecule has 2 aromatic rings. The Morgan fingerprint density at radius 2 is 2.00 bits per heavy atom. The minimum Gasteiger partial charge on any atom is -0.383 e. The first-order chi connectivity index (χ1) is 10.2. The van der Waals surface area contributed by atoms with E-state index in [4.69, 9.17) is 15.5 Å². The Labute approximate surface area is 138 Å². The molecule has 1 aliphatic carbocycles. The predicted octanol–water partition coefficient (Wildman–Crippen LogP) is 3.67. The summed E-state index contributed by atoms with van der Waals surface area (Å²) in [4.78, 5) is 9.24. The average Bonchev–Trinajstić information content (AvgIpc) is 3.33. The quantitative estimate of drug-likeness (QED) is 0.785. The zero-order valence-corrected chi connectivity index (χ0v) is 14.1. The molecular formula is C16H18IN3O. The van der Waals surface area contributed by atoms with Crippen molar-refractivity contribution >= 4 is 28.4 Å². The third-order valence-corrected chi connectivity index (χ3v) is 4.66. The van der Waals surface area contributed by atoms with Crippen LogP contribution in [0.2, 0.25) is 0 Å². The van der Waals surface area contributed by atoms with Crippen LogP contribution in [0.15, 0.2) is 30.3 Å². The Hall–Kier alpha value is -1.21. The maximum atomic E-state index is 6.08. The highest BCUT2D eigenvalue weighted by atomic mass is 127. The number of nitrogen functional groups attached to an aromatic ring is 1. The van der Waals surface area contributed by atoms with Crippen LogP contribution >= 0.6 is 22.6 Å². The summed E-state index contributed by atoms with van der Waals surface area (Å²) < 4.78 is 6.87. The topological polar surface area (TPSA) is 61.0 Å². The number of benzene rings is 1. The van der Waals surface area contributed by atoms with Crippen molar-refractivity contribution < 1.29 is 4.74 Å². The molecule has 3 rings (SSSR count). The molecule has 1 aromatic heterocycles. The minimum atomic E-state index is -0.256. The van der Waals surface area contributed by atoms with Gasteiger partial charge in [-0.2, -0.15) is 0 Å². The van der Waals surface area contributed by atoms with E-state index in [0.29, 0.717) is 24.2 Å². The zero-order chi connectivity index (χ0) is 14.8. The third kappa shape index (κ3) is 3.18. The molecule has 1 unspecified atom stereocenters. The fraction of sp³-hybridized carbons (Fsp3) is 0.375. The van der Waals surface area contributed by atoms with Gasteiger partial charge in [0.1, 0.15) is 11.9 Å². The molecule has 1 fully saturated rings. The van der Waals surface area contributed by atoms with Crippen LogP contribution < -0.4 is 5.73 Å². The number of anilines is 1. The van der Waals surface area contributed by atoms with Crippen molar-refractivity contribution in [3.63, 3.8) is 0 Å². The monoisotopic (exact) mass is 395 g/mol. The second-order valence-electron chi connectivity index (χ2n) is 5.19. The summed E-state index contributed by atoms with van der Waals surface area (Å²) >= 11 is 2.25. The number of ether oxygens (including phenoxy) is 1. The van der Waals surface area contributed by atoms with Crippen molar-refractivity contribution in [2.45, 2.75) is 31.8 Å². The van der Waals surface area contributed by atoms with E-state index in [9.17, 15) is 0 Å². The molecule has 2 N–H and O–H groups in total. The molecule has 1 saturated carbocycles. The normalized spacial score (nSPS) is 15.9. The molecule has 1 aromatic carbocycles. The lowest BCUT2D eigenvalue weighted by Crippen LogP contribution is -2.14. The van der Waals surface area contributed by atoms with Crippen LogP contribution in [0.3, 0.4) is 0 Å². The van der Waals surface area contributed by atoms with Gasteiger partial charge in [-0.15, -0.1) is 0 Å². The number of aromatic nitrogens is 2.